The molecule has 0 unspecified atom stereocenters. The van der Waals surface area contributed by atoms with E-state index in [0.29, 0.717) is 11.2 Å². The van der Waals surface area contributed by atoms with Crippen molar-refractivity contribution >= 4 is 22.7 Å². The summed E-state index contributed by atoms with van der Waals surface area (Å²) in [5.41, 5.74) is 0.818. The van der Waals surface area contributed by atoms with Gasteiger partial charge >= 0.3 is 12.3 Å². The Hall–Kier alpha value is -2.25. The van der Waals surface area contributed by atoms with Crippen molar-refractivity contribution in [2.75, 3.05) is 11.9 Å². The number of para-hydroxylation sites is 1. The van der Waals surface area contributed by atoms with Gasteiger partial charge in [-0.25, -0.2) is 4.79 Å². The van der Waals surface area contributed by atoms with Crippen molar-refractivity contribution in [3.63, 3.8) is 0 Å². The molecule has 0 atom stereocenters. The van der Waals surface area contributed by atoms with Crippen LogP contribution in [-0.2, 0) is 4.74 Å². The lowest BCUT2D eigenvalue weighted by molar-refractivity contribution is -0.159. The first kappa shape index (κ1) is 12.2. The molecule has 18 heavy (non-hydrogen) atoms. The molecule has 0 saturated heterocycles. The van der Waals surface area contributed by atoms with Gasteiger partial charge in [0.25, 0.3) is 0 Å². The highest BCUT2D eigenvalue weighted by molar-refractivity contribution is 5.97. The first-order valence-corrected chi connectivity index (χ1v) is 4.88. The minimum Gasteiger partial charge on any atom is -0.440 e. The number of hydrogen-bond acceptors (Lipinski definition) is 3. The van der Waals surface area contributed by atoms with Crippen molar-refractivity contribution in [3.05, 3.63) is 24.4 Å². The van der Waals surface area contributed by atoms with Crippen molar-refractivity contribution in [1.29, 1.82) is 0 Å². The van der Waals surface area contributed by atoms with Crippen LogP contribution in [0.5, 0.6) is 0 Å². The van der Waals surface area contributed by atoms with Gasteiger partial charge in [0.2, 0.25) is 0 Å². The molecule has 0 aliphatic rings. The van der Waals surface area contributed by atoms with Gasteiger partial charge in [-0.15, -0.1) is 0 Å². The molecule has 0 saturated carbocycles. The number of H-pyrrole nitrogens is 1. The molecule has 2 N–H and O–H groups in total. The van der Waals surface area contributed by atoms with Crippen LogP contribution >= 0.6 is 0 Å². The van der Waals surface area contributed by atoms with Gasteiger partial charge in [0, 0.05) is 5.39 Å². The summed E-state index contributed by atoms with van der Waals surface area (Å²) >= 11 is 0. The van der Waals surface area contributed by atoms with Crippen LogP contribution in [0.3, 0.4) is 0 Å². The molecule has 0 fully saturated rings. The van der Waals surface area contributed by atoms with E-state index in [1.807, 2.05) is 0 Å². The molecule has 0 aliphatic heterocycles. The van der Waals surface area contributed by atoms with Gasteiger partial charge < -0.3 is 4.74 Å². The minimum absolute atomic E-state index is 0.303. The van der Waals surface area contributed by atoms with E-state index >= 15 is 0 Å². The number of amides is 1. The zero-order valence-electron chi connectivity index (χ0n) is 8.91. The van der Waals surface area contributed by atoms with Crippen LogP contribution in [-0.4, -0.2) is 29.1 Å². The summed E-state index contributed by atoms with van der Waals surface area (Å²) in [6.45, 7) is -1.63. The average molecular weight is 259 g/mol. The van der Waals surface area contributed by atoms with E-state index in [2.05, 4.69) is 20.3 Å². The molecule has 1 amide bonds. The van der Waals surface area contributed by atoms with Crippen LogP contribution in [0.15, 0.2) is 24.4 Å². The molecule has 2 rings (SSSR count). The van der Waals surface area contributed by atoms with E-state index in [9.17, 15) is 18.0 Å². The van der Waals surface area contributed by atoms with E-state index in [1.165, 1.54) is 12.3 Å². The molecule has 8 heteroatoms. The van der Waals surface area contributed by atoms with E-state index in [1.54, 1.807) is 12.1 Å². The number of carbonyl (C=O) groups is 1. The van der Waals surface area contributed by atoms with Crippen LogP contribution in [0.2, 0.25) is 0 Å². The number of benzene rings is 1. The zero-order valence-corrected chi connectivity index (χ0v) is 8.91. The Balaban J connectivity index is 2.05. The second kappa shape index (κ2) is 4.55. The second-order valence-electron chi connectivity index (χ2n) is 3.46. The third kappa shape index (κ3) is 2.90. The third-order valence-electron chi connectivity index (χ3n) is 2.08. The predicted octanol–water partition coefficient (Wildman–Crippen LogP) is 2.67. The molecule has 1 aromatic heterocycles. The lowest BCUT2D eigenvalue weighted by atomic mass is 10.2. The number of halogens is 3. The lowest BCUT2D eigenvalue weighted by Crippen LogP contribution is -2.23. The standard InChI is InChI=1S/C10H8F3N3O2/c11-10(12,13)5-18-9(17)15-7-3-1-2-6-4-14-16-8(6)7/h1-4H,5H2,(H,14,16)(H,15,17). The SMILES string of the molecule is O=C(Nc1cccc2cn[nH]c12)OCC(F)(F)F. The van der Waals surface area contributed by atoms with Crippen LogP contribution in [0, 0.1) is 0 Å². The molecule has 0 spiro atoms. The highest BCUT2D eigenvalue weighted by atomic mass is 19.4. The number of hydrogen-bond donors (Lipinski definition) is 2. The molecular formula is C10H8F3N3O2. The Labute approximate surface area is 98.9 Å². The smallest absolute Gasteiger partial charge is 0.422 e. The van der Waals surface area contributed by atoms with Crippen LogP contribution in [0.4, 0.5) is 23.7 Å². The fraction of sp³-hybridized carbons (Fsp3) is 0.200. The Morgan fingerprint density at radius 2 is 2.22 bits per heavy atom. The maximum Gasteiger partial charge on any atom is 0.422 e. The number of ether oxygens (including phenoxy) is 1. The zero-order chi connectivity index (χ0) is 13.2. The van der Waals surface area contributed by atoms with Gasteiger partial charge in [0.05, 0.1) is 17.4 Å². The molecule has 2 aromatic rings. The van der Waals surface area contributed by atoms with E-state index < -0.39 is 18.9 Å². The normalized spacial score (nSPS) is 11.5. The fourth-order valence-electron chi connectivity index (χ4n) is 1.37. The summed E-state index contributed by atoms with van der Waals surface area (Å²) in [5.74, 6) is 0. The quantitative estimate of drug-likeness (QED) is 0.871. The molecule has 0 radical (unpaired) electrons. The Morgan fingerprint density at radius 1 is 1.44 bits per heavy atom. The highest BCUT2D eigenvalue weighted by Crippen LogP contribution is 2.21. The minimum atomic E-state index is -4.54. The summed E-state index contributed by atoms with van der Waals surface area (Å²) < 4.78 is 39.5. The van der Waals surface area contributed by atoms with Crippen molar-refractivity contribution in [2.45, 2.75) is 6.18 Å². The lowest BCUT2D eigenvalue weighted by Gasteiger charge is -2.09. The number of rotatable bonds is 2. The van der Waals surface area contributed by atoms with Crippen molar-refractivity contribution in [3.8, 4) is 0 Å². The highest BCUT2D eigenvalue weighted by Gasteiger charge is 2.29. The summed E-state index contributed by atoms with van der Waals surface area (Å²) in [7, 11) is 0. The summed E-state index contributed by atoms with van der Waals surface area (Å²) in [4.78, 5) is 11.2. The number of fused-ring (bicyclic) bond motifs is 1. The monoisotopic (exact) mass is 259 g/mol. The molecule has 5 nitrogen and oxygen atoms in total. The van der Waals surface area contributed by atoms with Crippen LogP contribution in [0.25, 0.3) is 10.9 Å². The number of aromatic amines is 1. The average Bonchev–Trinajstić information content (AvgIpc) is 2.74. The Bertz CT molecular complexity index is 565. The van der Waals surface area contributed by atoms with Crippen molar-refractivity contribution in [2.24, 2.45) is 0 Å². The summed E-state index contributed by atoms with van der Waals surface area (Å²) in [6.07, 6.45) is -4.19. The summed E-state index contributed by atoms with van der Waals surface area (Å²) in [5, 5.41) is 9.32. The number of nitrogens with zero attached hydrogens (tertiary/aromatic N) is 1. The van der Waals surface area contributed by atoms with Gasteiger partial charge in [-0.1, -0.05) is 12.1 Å². The topological polar surface area (TPSA) is 67.0 Å². The molecule has 0 bridgehead atoms. The molecule has 96 valence electrons. The molecular weight excluding hydrogens is 251 g/mol. The number of alkyl halides is 3. The van der Waals surface area contributed by atoms with Gasteiger partial charge in [0.15, 0.2) is 6.61 Å². The number of anilines is 1. The summed E-state index contributed by atoms with van der Waals surface area (Å²) in [6, 6.07) is 4.90. The Kier molecular flexibility index (Phi) is 3.09. The fourth-order valence-corrected chi connectivity index (χ4v) is 1.37. The third-order valence-corrected chi connectivity index (χ3v) is 2.08. The Morgan fingerprint density at radius 3 is 2.94 bits per heavy atom. The van der Waals surface area contributed by atoms with Crippen molar-refractivity contribution < 1.29 is 22.7 Å². The van der Waals surface area contributed by atoms with Gasteiger partial charge in [-0.05, 0) is 6.07 Å². The first-order valence-electron chi connectivity index (χ1n) is 4.88. The second-order valence-corrected chi connectivity index (χ2v) is 3.46. The molecule has 1 aromatic carbocycles. The predicted molar refractivity (Wildman–Crippen MR) is 57.1 cm³/mol. The van der Waals surface area contributed by atoms with Gasteiger partial charge in [-0.3, -0.25) is 10.4 Å². The van der Waals surface area contributed by atoms with Gasteiger partial charge in [0.1, 0.15) is 0 Å². The van der Waals surface area contributed by atoms with Crippen molar-refractivity contribution in [1.82, 2.24) is 10.2 Å². The maximum atomic E-state index is 11.8. The molecule has 1 heterocycles. The van der Waals surface area contributed by atoms with Crippen LogP contribution < -0.4 is 5.32 Å². The number of nitrogens with one attached hydrogen (secondary N) is 2. The number of aromatic nitrogens is 2. The van der Waals surface area contributed by atoms with Gasteiger partial charge in [-0.2, -0.15) is 18.3 Å². The van der Waals surface area contributed by atoms with E-state index in [4.69, 9.17) is 0 Å². The number of carbonyl (C=O) groups excluding carboxylic acids is 1. The van der Waals surface area contributed by atoms with E-state index in [0.717, 1.165) is 5.39 Å². The first-order chi connectivity index (χ1) is 8.46. The maximum absolute atomic E-state index is 11.8. The van der Waals surface area contributed by atoms with E-state index in [-0.39, 0.29) is 0 Å². The largest absolute Gasteiger partial charge is 0.440 e. The molecule has 0 aliphatic carbocycles. The van der Waals surface area contributed by atoms with Crippen LogP contribution in [0.1, 0.15) is 0 Å².